The van der Waals surface area contributed by atoms with Gasteiger partial charge in [-0.1, -0.05) is 18.2 Å². The molecule has 0 radical (unpaired) electrons. The van der Waals surface area contributed by atoms with Gasteiger partial charge in [0.2, 0.25) is 0 Å². The van der Waals surface area contributed by atoms with Crippen molar-refractivity contribution in [1.82, 2.24) is 10.2 Å². The van der Waals surface area contributed by atoms with E-state index < -0.39 is 6.10 Å². The summed E-state index contributed by atoms with van der Waals surface area (Å²) in [6.45, 7) is 6.22. The number of urea groups is 1. The van der Waals surface area contributed by atoms with Gasteiger partial charge in [0.05, 0.1) is 5.92 Å². The third-order valence-electron chi connectivity index (χ3n) is 4.23. The van der Waals surface area contributed by atoms with Crippen molar-refractivity contribution in [2.45, 2.75) is 45.8 Å². The van der Waals surface area contributed by atoms with Gasteiger partial charge in [-0.05, 0) is 45.7 Å². The van der Waals surface area contributed by atoms with Crippen LogP contribution in [-0.4, -0.2) is 48.0 Å². The molecule has 0 saturated carbocycles. The van der Waals surface area contributed by atoms with Crippen molar-refractivity contribution < 1.29 is 19.1 Å². The Bertz CT molecular complexity index is 625. The SMILES string of the molecule is CC(C)NC(=O)[C@H](C)OC(=O)C1CCN(C(=O)Nc2ccccc2)CC1. The lowest BCUT2D eigenvalue weighted by Crippen LogP contribution is -2.44. The van der Waals surface area contributed by atoms with Gasteiger partial charge >= 0.3 is 12.0 Å². The largest absolute Gasteiger partial charge is 0.452 e. The minimum Gasteiger partial charge on any atom is -0.452 e. The van der Waals surface area contributed by atoms with Crippen LogP contribution in [0.15, 0.2) is 30.3 Å². The molecule has 7 heteroatoms. The van der Waals surface area contributed by atoms with E-state index in [0.717, 1.165) is 5.69 Å². The molecule has 0 bridgehead atoms. The fourth-order valence-electron chi connectivity index (χ4n) is 2.77. The highest BCUT2D eigenvalue weighted by molar-refractivity contribution is 5.89. The molecule has 0 aliphatic carbocycles. The maximum absolute atomic E-state index is 12.3. The molecule has 1 aromatic rings. The molecule has 1 heterocycles. The molecule has 1 aliphatic heterocycles. The topological polar surface area (TPSA) is 87.7 Å². The number of likely N-dealkylation sites (tertiary alicyclic amines) is 1. The van der Waals surface area contributed by atoms with Crippen LogP contribution in [-0.2, 0) is 14.3 Å². The normalized spacial score (nSPS) is 16.1. The van der Waals surface area contributed by atoms with Crippen LogP contribution < -0.4 is 10.6 Å². The van der Waals surface area contributed by atoms with Crippen molar-refractivity contribution in [3.63, 3.8) is 0 Å². The first-order valence-electron chi connectivity index (χ1n) is 8.98. The Hall–Kier alpha value is -2.57. The average Bonchev–Trinajstić information content (AvgIpc) is 2.62. The Morgan fingerprint density at radius 3 is 2.27 bits per heavy atom. The number of benzene rings is 1. The lowest BCUT2D eigenvalue weighted by Gasteiger charge is -2.31. The number of nitrogens with one attached hydrogen (secondary N) is 2. The second-order valence-corrected chi connectivity index (χ2v) is 6.80. The number of piperidine rings is 1. The summed E-state index contributed by atoms with van der Waals surface area (Å²) in [5.74, 6) is -0.961. The van der Waals surface area contributed by atoms with E-state index in [4.69, 9.17) is 4.74 Å². The molecule has 0 spiro atoms. The molecule has 0 unspecified atom stereocenters. The summed E-state index contributed by atoms with van der Waals surface area (Å²) in [5, 5.41) is 5.56. The average molecular weight is 361 g/mol. The van der Waals surface area contributed by atoms with Crippen LogP contribution in [0.5, 0.6) is 0 Å². The molecule has 2 N–H and O–H groups in total. The highest BCUT2D eigenvalue weighted by Gasteiger charge is 2.30. The summed E-state index contributed by atoms with van der Waals surface area (Å²) >= 11 is 0. The second kappa shape index (κ2) is 9.22. The number of amides is 3. The Labute approximate surface area is 154 Å². The lowest BCUT2D eigenvalue weighted by atomic mass is 9.97. The zero-order valence-electron chi connectivity index (χ0n) is 15.5. The van der Waals surface area contributed by atoms with Gasteiger partial charge in [0.25, 0.3) is 5.91 Å². The number of hydrogen-bond donors (Lipinski definition) is 2. The first kappa shape index (κ1) is 19.8. The second-order valence-electron chi connectivity index (χ2n) is 6.80. The fourth-order valence-corrected chi connectivity index (χ4v) is 2.77. The number of esters is 1. The quantitative estimate of drug-likeness (QED) is 0.788. The number of carbonyl (C=O) groups is 3. The molecular formula is C19H27N3O4. The third kappa shape index (κ3) is 5.75. The van der Waals surface area contributed by atoms with Crippen molar-refractivity contribution in [3.8, 4) is 0 Å². The van der Waals surface area contributed by atoms with Crippen LogP contribution in [0.25, 0.3) is 0 Å². The summed E-state index contributed by atoms with van der Waals surface area (Å²) in [7, 11) is 0. The van der Waals surface area contributed by atoms with Gasteiger partial charge in [-0.3, -0.25) is 9.59 Å². The first-order valence-corrected chi connectivity index (χ1v) is 8.98. The van der Waals surface area contributed by atoms with Crippen LogP contribution in [0.4, 0.5) is 10.5 Å². The first-order chi connectivity index (χ1) is 12.4. The van der Waals surface area contributed by atoms with Crippen LogP contribution >= 0.6 is 0 Å². The monoisotopic (exact) mass is 361 g/mol. The number of nitrogens with zero attached hydrogens (tertiary/aromatic N) is 1. The number of hydrogen-bond acceptors (Lipinski definition) is 4. The van der Waals surface area contributed by atoms with Crippen LogP contribution in [0.3, 0.4) is 0 Å². The summed E-state index contributed by atoms with van der Waals surface area (Å²) in [6, 6.07) is 9.07. The van der Waals surface area contributed by atoms with Gasteiger partial charge in [0.1, 0.15) is 0 Å². The van der Waals surface area contributed by atoms with Crippen molar-refractivity contribution in [1.29, 1.82) is 0 Å². The van der Waals surface area contributed by atoms with E-state index in [-0.39, 0.29) is 29.9 Å². The predicted octanol–water partition coefficient (Wildman–Crippen LogP) is 2.39. The van der Waals surface area contributed by atoms with Crippen molar-refractivity contribution in [3.05, 3.63) is 30.3 Å². The predicted molar refractivity (Wildman–Crippen MR) is 98.6 cm³/mol. The van der Waals surface area contributed by atoms with Gasteiger partial charge in [-0.15, -0.1) is 0 Å². The van der Waals surface area contributed by atoms with E-state index in [1.807, 2.05) is 44.2 Å². The number of ether oxygens (including phenoxy) is 1. The van der Waals surface area contributed by atoms with E-state index in [1.165, 1.54) is 0 Å². The van der Waals surface area contributed by atoms with Crippen molar-refractivity contribution in [2.24, 2.45) is 5.92 Å². The molecule has 1 saturated heterocycles. The molecular weight excluding hydrogens is 334 g/mol. The molecule has 7 nitrogen and oxygen atoms in total. The number of carbonyl (C=O) groups excluding carboxylic acids is 3. The van der Waals surface area contributed by atoms with Gasteiger partial charge in [0.15, 0.2) is 6.10 Å². The van der Waals surface area contributed by atoms with E-state index in [2.05, 4.69) is 10.6 Å². The van der Waals surface area contributed by atoms with Crippen molar-refractivity contribution in [2.75, 3.05) is 18.4 Å². The summed E-state index contributed by atoms with van der Waals surface area (Å²) in [5.41, 5.74) is 0.740. The molecule has 2 rings (SSSR count). The maximum atomic E-state index is 12.3. The van der Waals surface area contributed by atoms with Crippen LogP contribution in [0, 0.1) is 5.92 Å². The molecule has 1 fully saturated rings. The highest BCUT2D eigenvalue weighted by atomic mass is 16.5. The van der Waals surface area contributed by atoms with Gasteiger partial charge in [-0.25, -0.2) is 4.79 Å². The molecule has 1 aromatic carbocycles. The van der Waals surface area contributed by atoms with E-state index in [0.29, 0.717) is 25.9 Å². The van der Waals surface area contributed by atoms with Crippen LogP contribution in [0.2, 0.25) is 0 Å². The molecule has 142 valence electrons. The molecule has 26 heavy (non-hydrogen) atoms. The standard InChI is InChI=1S/C19H27N3O4/c1-13(2)20-17(23)14(3)26-18(24)15-9-11-22(12-10-15)19(25)21-16-7-5-4-6-8-16/h4-8,13-15H,9-12H2,1-3H3,(H,20,23)(H,21,25)/t14-/m0/s1. The Balaban J connectivity index is 1.77. The zero-order valence-corrected chi connectivity index (χ0v) is 15.5. The summed E-state index contributed by atoms with van der Waals surface area (Å²) < 4.78 is 5.27. The van der Waals surface area contributed by atoms with Gasteiger partial charge in [-0.2, -0.15) is 0 Å². The Morgan fingerprint density at radius 2 is 1.69 bits per heavy atom. The lowest BCUT2D eigenvalue weighted by molar-refractivity contribution is -0.160. The fraction of sp³-hybridized carbons (Fsp3) is 0.526. The summed E-state index contributed by atoms with van der Waals surface area (Å²) in [6.07, 6.45) is 0.239. The molecule has 1 aliphatic rings. The summed E-state index contributed by atoms with van der Waals surface area (Å²) in [4.78, 5) is 38.0. The van der Waals surface area contributed by atoms with Gasteiger partial charge < -0.3 is 20.3 Å². The van der Waals surface area contributed by atoms with Gasteiger partial charge in [0, 0.05) is 24.8 Å². The molecule has 0 aromatic heterocycles. The highest BCUT2D eigenvalue weighted by Crippen LogP contribution is 2.20. The van der Waals surface area contributed by atoms with Crippen molar-refractivity contribution >= 4 is 23.6 Å². The molecule has 3 amide bonds. The van der Waals surface area contributed by atoms with E-state index in [9.17, 15) is 14.4 Å². The van der Waals surface area contributed by atoms with E-state index >= 15 is 0 Å². The minimum absolute atomic E-state index is 0.00461. The number of para-hydroxylation sites is 1. The smallest absolute Gasteiger partial charge is 0.321 e. The maximum Gasteiger partial charge on any atom is 0.321 e. The minimum atomic E-state index is -0.815. The Kier molecular flexibility index (Phi) is 7.00. The zero-order chi connectivity index (χ0) is 19.1. The Morgan fingerprint density at radius 1 is 1.08 bits per heavy atom. The number of anilines is 1. The molecule has 1 atom stereocenters. The third-order valence-corrected chi connectivity index (χ3v) is 4.23. The van der Waals surface area contributed by atoms with E-state index in [1.54, 1.807) is 11.8 Å². The van der Waals surface area contributed by atoms with Crippen LogP contribution in [0.1, 0.15) is 33.6 Å². The number of rotatable bonds is 5.